The van der Waals surface area contributed by atoms with Crippen LogP contribution < -0.4 is 10.6 Å². The van der Waals surface area contributed by atoms with Crippen LogP contribution >= 0.6 is 11.6 Å². The summed E-state index contributed by atoms with van der Waals surface area (Å²) in [7, 11) is 3.53. The maximum absolute atomic E-state index is 14.9. The normalized spacial score (nSPS) is 16.3. The number of halogens is 2. The molecule has 2 amide bonds. The molecule has 0 saturated carbocycles. The summed E-state index contributed by atoms with van der Waals surface area (Å²) < 4.78 is 16.0. The van der Waals surface area contributed by atoms with Crippen LogP contribution in [0.3, 0.4) is 0 Å². The van der Waals surface area contributed by atoms with E-state index in [-0.39, 0.29) is 58.2 Å². The highest BCUT2D eigenvalue weighted by Gasteiger charge is 2.39. The topological polar surface area (TPSA) is 142 Å². The average Bonchev–Trinajstić information content (AvgIpc) is 3.48. The van der Waals surface area contributed by atoms with E-state index in [1.165, 1.54) is 35.4 Å². The maximum atomic E-state index is 14.9. The first-order valence-corrected chi connectivity index (χ1v) is 16.4. The number of carbonyl (C=O) groups is 4. The first-order chi connectivity index (χ1) is 23.5. The zero-order valence-corrected chi connectivity index (χ0v) is 27.9. The van der Waals surface area contributed by atoms with Gasteiger partial charge in [-0.05, 0) is 66.3 Å². The lowest BCUT2D eigenvalue weighted by Gasteiger charge is -2.40. The van der Waals surface area contributed by atoms with Crippen molar-refractivity contribution >= 4 is 46.7 Å². The summed E-state index contributed by atoms with van der Waals surface area (Å²) in [5.74, 6) is -2.65. The SMILES string of the molecule is CN(C)C(=O)C1CCN(c2cccc3c2CCN(C(=O)c2cnn(-c4cccc(Cl)c4F)c2N)C3C(=O)Cc2ccc(C(=O)O)cc2)CC1. The number of aromatic nitrogens is 2. The molecule has 3 heterocycles. The molecule has 6 rings (SSSR count). The minimum atomic E-state index is -1.07. The van der Waals surface area contributed by atoms with Crippen molar-refractivity contribution in [2.45, 2.75) is 31.7 Å². The third-order valence-electron chi connectivity index (χ3n) is 9.36. The fourth-order valence-electron chi connectivity index (χ4n) is 6.83. The summed E-state index contributed by atoms with van der Waals surface area (Å²) in [5, 5.41) is 13.4. The second kappa shape index (κ2) is 13.7. The van der Waals surface area contributed by atoms with Crippen molar-refractivity contribution < 1.29 is 28.7 Å². The number of benzene rings is 3. The number of nitrogens with zero attached hydrogens (tertiary/aromatic N) is 5. The Hall–Kier alpha value is -5.23. The molecule has 1 fully saturated rings. The number of ketones is 1. The molecular formula is C36H36ClFN6O5. The number of rotatable bonds is 8. The number of anilines is 2. The van der Waals surface area contributed by atoms with Gasteiger partial charge in [-0.2, -0.15) is 5.10 Å². The number of carboxylic acid groups (broad SMARTS) is 1. The molecule has 3 N–H and O–H groups in total. The fourth-order valence-corrected chi connectivity index (χ4v) is 7.00. The Morgan fingerprint density at radius 1 is 0.980 bits per heavy atom. The number of fused-ring (bicyclic) bond motifs is 1. The minimum absolute atomic E-state index is 0.00947. The molecule has 0 bridgehead atoms. The number of piperidine rings is 1. The van der Waals surface area contributed by atoms with Crippen molar-refractivity contribution in [3.05, 3.63) is 106 Å². The molecule has 2 aliphatic rings. The highest BCUT2D eigenvalue weighted by atomic mass is 35.5. The Kier molecular flexibility index (Phi) is 9.42. The standard InChI is InChI=1S/C36H36ClFN6O5/c1-41(2)34(46)22-13-16-42(17-14-22)28-7-3-5-25-24(28)15-18-43(32(25)30(45)19-21-9-11-23(12-10-21)36(48)49)35(47)26-20-40-44(33(26)39)29-8-4-6-27(37)31(29)38/h3-12,20,22,32H,13-19,39H2,1-2H3,(H,48,49). The van der Waals surface area contributed by atoms with Gasteiger partial charge < -0.3 is 25.5 Å². The molecule has 49 heavy (non-hydrogen) atoms. The van der Waals surface area contributed by atoms with E-state index >= 15 is 0 Å². The molecule has 13 heteroatoms. The Labute approximate surface area is 287 Å². The van der Waals surface area contributed by atoms with Gasteiger partial charge in [0.2, 0.25) is 5.91 Å². The van der Waals surface area contributed by atoms with E-state index in [1.54, 1.807) is 37.2 Å². The second-order valence-corrected chi connectivity index (χ2v) is 13.0. The van der Waals surface area contributed by atoms with E-state index in [0.29, 0.717) is 43.5 Å². The van der Waals surface area contributed by atoms with E-state index in [1.807, 2.05) is 18.2 Å². The predicted octanol–water partition coefficient (Wildman–Crippen LogP) is 4.80. The third kappa shape index (κ3) is 6.48. The van der Waals surface area contributed by atoms with Crippen LogP contribution in [0.2, 0.25) is 5.02 Å². The second-order valence-electron chi connectivity index (χ2n) is 12.6. The number of carbonyl (C=O) groups excluding carboxylic acids is 3. The van der Waals surface area contributed by atoms with Crippen molar-refractivity contribution in [3.63, 3.8) is 0 Å². The van der Waals surface area contributed by atoms with Crippen molar-refractivity contribution in [1.29, 1.82) is 0 Å². The molecule has 1 aromatic heterocycles. The molecule has 254 valence electrons. The van der Waals surface area contributed by atoms with E-state index in [2.05, 4.69) is 10.00 Å². The maximum Gasteiger partial charge on any atom is 0.335 e. The quantitative estimate of drug-likeness (QED) is 0.269. The van der Waals surface area contributed by atoms with Gasteiger partial charge in [-0.15, -0.1) is 0 Å². The molecule has 0 radical (unpaired) electrons. The van der Waals surface area contributed by atoms with Crippen LogP contribution in [0.4, 0.5) is 15.9 Å². The Morgan fingerprint density at radius 2 is 1.65 bits per heavy atom. The molecular weight excluding hydrogens is 651 g/mol. The molecule has 1 saturated heterocycles. The van der Waals surface area contributed by atoms with Crippen LogP contribution in [0.5, 0.6) is 0 Å². The number of nitrogens with two attached hydrogens (primary N) is 1. The number of nitrogen functional groups attached to an aromatic ring is 1. The first kappa shape index (κ1) is 33.7. The van der Waals surface area contributed by atoms with Gasteiger partial charge in [-0.3, -0.25) is 14.4 Å². The zero-order chi connectivity index (χ0) is 35.0. The zero-order valence-electron chi connectivity index (χ0n) is 27.1. The van der Waals surface area contributed by atoms with Gasteiger partial charge in [-0.25, -0.2) is 13.9 Å². The lowest BCUT2D eigenvalue weighted by atomic mass is 9.85. The number of aromatic carboxylic acids is 1. The highest BCUT2D eigenvalue weighted by molar-refractivity contribution is 6.30. The van der Waals surface area contributed by atoms with Gasteiger partial charge in [0.1, 0.15) is 23.1 Å². The molecule has 3 aromatic carbocycles. The number of amides is 2. The van der Waals surface area contributed by atoms with Crippen LogP contribution in [0.15, 0.2) is 66.9 Å². The van der Waals surface area contributed by atoms with Gasteiger partial charge in [0, 0.05) is 51.8 Å². The third-order valence-corrected chi connectivity index (χ3v) is 9.66. The molecule has 1 atom stereocenters. The number of hydrogen-bond donors (Lipinski definition) is 2. The van der Waals surface area contributed by atoms with E-state index < -0.39 is 23.7 Å². The number of Topliss-reactive ketones (excluding diaryl/α,β-unsaturated/α-hetero) is 1. The molecule has 4 aromatic rings. The largest absolute Gasteiger partial charge is 0.478 e. The van der Waals surface area contributed by atoms with Gasteiger partial charge in [0.15, 0.2) is 11.6 Å². The Balaban J connectivity index is 1.35. The molecule has 1 unspecified atom stereocenters. The van der Waals surface area contributed by atoms with Gasteiger partial charge >= 0.3 is 5.97 Å². The lowest BCUT2D eigenvalue weighted by Crippen LogP contribution is -2.45. The van der Waals surface area contributed by atoms with E-state index in [9.17, 15) is 28.7 Å². The van der Waals surface area contributed by atoms with Crippen molar-refractivity contribution in [2.75, 3.05) is 44.4 Å². The fraction of sp³-hybridized carbons (Fsp3) is 0.306. The summed E-state index contributed by atoms with van der Waals surface area (Å²) >= 11 is 5.98. The summed E-state index contributed by atoms with van der Waals surface area (Å²) in [6, 6.07) is 15.2. The Morgan fingerprint density at radius 3 is 2.33 bits per heavy atom. The minimum Gasteiger partial charge on any atom is -0.478 e. The lowest BCUT2D eigenvalue weighted by molar-refractivity contribution is -0.133. The van der Waals surface area contributed by atoms with Crippen LogP contribution in [0.1, 0.15) is 56.3 Å². The molecule has 0 aliphatic carbocycles. The average molecular weight is 687 g/mol. The van der Waals surface area contributed by atoms with Crippen LogP contribution in [0, 0.1) is 11.7 Å². The monoisotopic (exact) mass is 686 g/mol. The van der Waals surface area contributed by atoms with Crippen molar-refractivity contribution in [2.24, 2.45) is 5.92 Å². The highest BCUT2D eigenvalue weighted by Crippen LogP contribution is 2.39. The van der Waals surface area contributed by atoms with Gasteiger partial charge in [0.05, 0.1) is 16.8 Å². The Bertz CT molecular complexity index is 1940. The van der Waals surface area contributed by atoms with E-state index in [0.717, 1.165) is 15.9 Å². The van der Waals surface area contributed by atoms with Crippen molar-refractivity contribution in [1.82, 2.24) is 19.6 Å². The number of carboxylic acids is 1. The smallest absolute Gasteiger partial charge is 0.335 e. The summed E-state index contributed by atoms with van der Waals surface area (Å²) in [5.41, 5.74) is 9.67. The summed E-state index contributed by atoms with van der Waals surface area (Å²) in [6.07, 6.45) is 3.07. The number of hydrogen-bond acceptors (Lipinski definition) is 7. The van der Waals surface area contributed by atoms with Crippen LogP contribution in [-0.4, -0.2) is 82.0 Å². The first-order valence-electron chi connectivity index (χ1n) is 16.0. The van der Waals surface area contributed by atoms with E-state index in [4.69, 9.17) is 17.3 Å². The predicted molar refractivity (Wildman–Crippen MR) is 183 cm³/mol. The molecule has 11 nitrogen and oxygen atoms in total. The molecule has 2 aliphatic heterocycles. The van der Waals surface area contributed by atoms with Crippen molar-refractivity contribution in [3.8, 4) is 5.69 Å². The molecule has 0 spiro atoms. The van der Waals surface area contributed by atoms with Crippen LogP contribution in [0.25, 0.3) is 5.69 Å². The summed E-state index contributed by atoms with van der Waals surface area (Å²) in [6.45, 7) is 1.55. The summed E-state index contributed by atoms with van der Waals surface area (Å²) in [4.78, 5) is 57.9. The van der Waals surface area contributed by atoms with Crippen LogP contribution in [-0.2, 0) is 22.4 Å². The van der Waals surface area contributed by atoms with Gasteiger partial charge in [0.25, 0.3) is 5.91 Å². The van der Waals surface area contributed by atoms with Gasteiger partial charge in [-0.1, -0.05) is 41.9 Å².